The zero-order chi connectivity index (χ0) is 14.7. The van der Waals surface area contributed by atoms with E-state index in [-0.39, 0.29) is 0 Å². The zero-order valence-corrected chi connectivity index (χ0v) is 13.0. The Bertz CT molecular complexity index is 605. The van der Waals surface area contributed by atoms with Gasteiger partial charge in [0.2, 0.25) is 0 Å². The van der Waals surface area contributed by atoms with E-state index in [9.17, 15) is 0 Å². The molecule has 0 atom stereocenters. The van der Waals surface area contributed by atoms with Crippen molar-refractivity contribution in [3.63, 3.8) is 0 Å². The van der Waals surface area contributed by atoms with Crippen LogP contribution in [0.4, 0.5) is 0 Å². The third kappa shape index (κ3) is 3.78. The molecule has 0 saturated heterocycles. The highest BCUT2D eigenvalue weighted by molar-refractivity contribution is 6.30. The number of hydrogen-bond donors (Lipinski definition) is 1. The molecule has 0 aromatic heterocycles. The van der Waals surface area contributed by atoms with Gasteiger partial charge < -0.3 is 10.1 Å². The van der Waals surface area contributed by atoms with Crippen molar-refractivity contribution in [2.45, 2.75) is 32.4 Å². The molecule has 0 radical (unpaired) electrons. The lowest BCUT2D eigenvalue weighted by Crippen LogP contribution is -2.12. The van der Waals surface area contributed by atoms with Crippen molar-refractivity contribution in [2.24, 2.45) is 0 Å². The van der Waals surface area contributed by atoms with Crippen LogP contribution in [0.5, 0.6) is 5.75 Å². The topological polar surface area (TPSA) is 21.3 Å². The van der Waals surface area contributed by atoms with Crippen molar-refractivity contribution in [2.75, 3.05) is 6.54 Å². The Kier molecular flexibility index (Phi) is 4.47. The fourth-order valence-electron chi connectivity index (χ4n) is 2.32. The summed E-state index contributed by atoms with van der Waals surface area (Å²) in [4.78, 5) is 0. The highest BCUT2D eigenvalue weighted by atomic mass is 35.5. The van der Waals surface area contributed by atoms with Crippen LogP contribution in [-0.2, 0) is 6.54 Å². The lowest BCUT2D eigenvalue weighted by Gasteiger charge is -2.12. The van der Waals surface area contributed by atoms with Gasteiger partial charge in [0, 0.05) is 11.6 Å². The van der Waals surface area contributed by atoms with Crippen molar-refractivity contribution in [3.05, 3.63) is 53.1 Å². The third-order valence-electron chi connectivity index (χ3n) is 3.63. The minimum absolute atomic E-state index is 0.436. The van der Waals surface area contributed by atoms with E-state index in [4.69, 9.17) is 16.3 Å². The van der Waals surface area contributed by atoms with Crippen LogP contribution in [0.1, 0.15) is 25.3 Å². The quantitative estimate of drug-likeness (QED) is 0.838. The van der Waals surface area contributed by atoms with Crippen LogP contribution in [0.15, 0.2) is 42.5 Å². The first-order chi connectivity index (χ1) is 10.3. The van der Waals surface area contributed by atoms with Gasteiger partial charge in [-0.1, -0.05) is 36.7 Å². The van der Waals surface area contributed by atoms with Crippen LogP contribution in [-0.4, -0.2) is 12.6 Å². The highest BCUT2D eigenvalue weighted by Crippen LogP contribution is 2.31. The van der Waals surface area contributed by atoms with E-state index in [1.165, 1.54) is 29.5 Å². The molecule has 1 aliphatic rings. The lowest BCUT2D eigenvalue weighted by atomic mass is 9.99. The molecule has 0 bridgehead atoms. The minimum atomic E-state index is 0.436. The Balaban J connectivity index is 1.85. The second-order valence-corrected chi connectivity index (χ2v) is 5.86. The molecule has 1 saturated carbocycles. The van der Waals surface area contributed by atoms with Gasteiger partial charge in [-0.25, -0.2) is 0 Å². The SMILES string of the molecule is CCNCc1ccc(Cl)cc1-c1ccc(OC2CC2)cc1. The molecule has 21 heavy (non-hydrogen) atoms. The molecule has 0 aliphatic heterocycles. The molecule has 1 aliphatic carbocycles. The Morgan fingerprint density at radius 3 is 2.57 bits per heavy atom. The Labute approximate surface area is 131 Å². The van der Waals surface area contributed by atoms with Crippen LogP contribution >= 0.6 is 11.6 Å². The Morgan fingerprint density at radius 1 is 1.14 bits per heavy atom. The molecule has 0 spiro atoms. The van der Waals surface area contributed by atoms with Gasteiger partial charge in [0.15, 0.2) is 0 Å². The first kappa shape index (κ1) is 14.4. The molecule has 2 aromatic rings. The number of benzene rings is 2. The molecule has 0 heterocycles. The standard InChI is InChI=1S/C18H20ClNO/c1-2-20-12-14-3-6-15(19)11-18(14)13-4-7-16(8-5-13)21-17-9-10-17/h3-8,11,17,20H,2,9-10,12H2,1H3. The fraction of sp³-hybridized carbons (Fsp3) is 0.333. The number of nitrogens with one attached hydrogen (secondary N) is 1. The zero-order valence-electron chi connectivity index (χ0n) is 12.2. The number of rotatable bonds is 6. The summed E-state index contributed by atoms with van der Waals surface area (Å²) in [5.41, 5.74) is 3.62. The molecule has 2 nitrogen and oxygen atoms in total. The van der Waals surface area contributed by atoms with E-state index in [0.29, 0.717) is 6.10 Å². The van der Waals surface area contributed by atoms with Gasteiger partial charge >= 0.3 is 0 Å². The van der Waals surface area contributed by atoms with Gasteiger partial charge in [0.1, 0.15) is 5.75 Å². The molecule has 0 amide bonds. The molecular formula is C18H20ClNO. The monoisotopic (exact) mass is 301 g/mol. The van der Waals surface area contributed by atoms with Crippen molar-refractivity contribution < 1.29 is 4.74 Å². The summed E-state index contributed by atoms with van der Waals surface area (Å²) < 4.78 is 5.80. The van der Waals surface area contributed by atoms with Gasteiger partial charge in [-0.2, -0.15) is 0 Å². The molecule has 3 rings (SSSR count). The molecular weight excluding hydrogens is 282 g/mol. The van der Waals surface area contributed by atoms with E-state index in [0.717, 1.165) is 23.9 Å². The predicted octanol–water partition coefficient (Wildman–Crippen LogP) is 4.66. The van der Waals surface area contributed by atoms with E-state index in [2.05, 4.69) is 30.4 Å². The second-order valence-electron chi connectivity index (χ2n) is 5.42. The maximum absolute atomic E-state index is 6.16. The molecule has 2 aromatic carbocycles. The Morgan fingerprint density at radius 2 is 1.90 bits per heavy atom. The minimum Gasteiger partial charge on any atom is -0.490 e. The average Bonchev–Trinajstić information content (AvgIpc) is 3.31. The van der Waals surface area contributed by atoms with Crippen LogP contribution in [0.25, 0.3) is 11.1 Å². The third-order valence-corrected chi connectivity index (χ3v) is 3.86. The number of halogens is 1. The summed E-state index contributed by atoms with van der Waals surface area (Å²) in [5, 5.41) is 4.14. The van der Waals surface area contributed by atoms with Gasteiger partial charge in [-0.15, -0.1) is 0 Å². The van der Waals surface area contributed by atoms with Crippen LogP contribution < -0.4 is 10.1 Å². The summed E-state index contributed by atoms with van der Waals surface area (Å²) in [6, 6.07) is 14.4. The Hall–Kier alpha value is -1.51. The summed E-state index contributed by atoms with van der Waals surface area (Å²) >= 11 is 6.16. The van der Waals surface area contributed by atoms with Crippen LogP contribution in [0.2, 0.25) is 5.02 Å². The van der Waals surface area contributed by atoms with Gasteiger partial charge in [0.05, 0.1) is 6.10 Å². The van der Waals surface area contributed by atoms with E-state index >= 15 is 0 Å². The normalized spacial score (nSPS) is 14.2. The first-order valence-corrected chi connectivity index (χ1v) is 7.90. The molecule has 0 unspecified atom stereocenters. The predicted molar refractivity (Wildman–Crippen MR) is 87.9 cm³/mol. The van der Waals surface area contributed by atoms with Gasteiger partial charge in [-0.3, -0.25) is 0 Å². The molecule has 1 N–H and O–H groups in total. The van der Waals surface area contributed by atoms with E-state index < -0.39 is 0 Å². The van der Waals surface area contributed by atoms with Crippen molar-refractivity contribution >= 4 is 11.6 Å². The van der Waals surface area contributed by atoms with Crippen LogP contribution in [0.3, 0.4) is 0 Å². The molecule has 110 valence electrons. The highest BCUT2D eigenvalue weighted by Gasteiger charge is 2.23. The van der Waals surface area contributed by atoms with Gasteiger partial charge in [-0.05, 0) is 60.3 Å². The fourth-order valence-corrected chi connectivity index (χ4v) is 2.49. The van der Waals surface area contributed by atoms with E-state index in [1.807, 2.05) is 24.3 Å². The largest absolute Gasteiger partial charge is 0.490 e. The average molecular weight is 302 g/mol. The number of hydrogen-bond acceptors (Lipinski definition) is 2. The van der Waals surface area contributed by atoms with E-state index in [1.54, 1.807) is 0 Å². The summed E-state index contributed by atoms with van der Waals surface area (Å²) in [6.45, 7) is 3.92. The lowest BCUT2D eigenvalue weighted by molar-refractivity contribution is 0.303. The number of ether oxygens (including phenoxy) is 1. The first-order valence-electron chi connectivity index (χ1n) is 7.52. The molecule has 3 heteroatoms. The maximum atomic E-state index is 6.16. The van der Waals surface area contributed by atoms with Gasteiger partial charge in [0.25, 0.3) is 0 Å². The van der Waals surface area contributed by atoms with Crippen LogP contribution in [0, 0.1) is 0 Å². The maximum Gasteiger partial charge on any atom is 0.119 e. The summed E-state index contributed by atoms with van der Waals surface area (Å²) in [5.74, 6) is 0.955. The second kappa shape index (κ2) is 6.50. The summed E-state index contributed by atoms with van der Waals surface area (Å²) in [6.07, 6.45) is 2.80. The molecule has 1 fully saturated rings. The van der Waals surface area contributed by atoms with Crippen molar-refractivity contribution in [1.82, 2.24) is 5.32 Å². The van der Waals surface area contributed by atoms with Crippen molar-refractivity contribution in [3.8, 4) is 16.9 Å². The smallest absolute Gasteiger partial charge is 0.119 e. The summed E-state index contributed by atoms with van der Waals surface area (Å²) in [7, 11) is 0. The van der Waals surface area contributed by atoms with Crippen molar-refractivity contribution in [1.29, 1.82) is 0 Å².